The van der Waals surface area contributed by atoms with Gasteiger partial charge in [-0.1, -0.05) is 18.2 Å². The first-order valence-electron chi connectivity index (χ1n) is 10.2. The van der Waals surface area contributed by atoms with E-state index in [0.29, 0.717) is 19.6 Å². The first-order chi connectivity index (χ1) is 14.9. The van der Waals surface area contributed by atoms with Crippen molar-refractivity contribution < 1.29 is 18.3 Å². The van der Waals surface area contributed by atoms with Gasteiger partial charge in [-0.3, -0.25) is 4.79 Å². The number of aliphatic imine (C=N–C) groups is 1. The van der Waals surface area contributed by atoms with Crippen molar-refractivity contribution in [2.24, 2.45) is 4.99 Å². The number of amides is 1. The fourth-order valence-electron chi connectivity index (χ4n) is 3.19. The van der Waals surface area contributed by atoms with E-state index in [0.717, 1.165) is 11.6 Å². The zero-order valence-corrected chi connectivity index (χ0v) is 17.5. The summed E-state index contributed by atoms with van der Waals surface area (Å²) >= 11 is 0. The largest absolute Gasteiger partial charge is 0.380 e. The van der Waals surface area contributed by atoms with Crippen LogP contribution in [0, 0.1) is 11.6 Å². The SMILES string of the molecule is CCOC[C@H](C)N/C(=N/C(=O)c1cccc(F)c1)NC1CC(c2ccc(F)cc2)NN1. The lowest BCUT2D eigenvalue weighted by atomic mass is 10.0. The summed E-state index contributed by atoms with van der Waals surface area (Å²) in [4.78, 5) is 16.7. The molecule has 4 N–H and O–H groups in total. The van der Waals surface area contributed by atoms with E-state index in [9.17, 15) is 13.6 Å². The molecule has 31 heavy (non-hydrogen) atoms. The van der Waals surface area contributed by atoms with Gasteiger partial charge in [0.1, 0.15) is 11.6 Å². The van der Waals surface area contributed by atoms with Crippen LogP contribution in [0.15, 0.2) is 53.5 Å². The predicted octanol–water partition coefficient (Wildman–Crippen LogP) is 2.63. The summed E-state index contributed by atoms with van der Waals surface area (Å²) in [6.07, 6.45) is 0.376. The first-order valence-corrected chi connectivity index (χ1v) is 10.2. The van der Waals surface area contributed by atoms with E-state index in [-0.39, 0.29) is 35.6 Å². The van der Waals surface area contributed by atoms with Gasteiger partial charge in [-0.05, 0) is 49.7 Å². The number of carbonyl (C=O) groups excluding carboxylic acids is 1. The smallest absolute Gasteiger partial charge is 0.280 e. The van der Waals surface area contributed by atoms with Crippen LogP contribution in [-0.2, 0) is 4.74 Å². The molecule has 1 fully saturated rings. The molecule has 1 aliphatic heterocycles. The minimum absolute atomic E-state index is 0.0425. The number of benzene rings is 2. The van der Waals surface area contributed by atoms with E-state index in [2.05, 4.69) is 26.5 Å². The minimum atomic E-state index is -0.570. The molecule has 9 heteroatoms. The number of nitrogens with zero attached hydrogens (tertiary/aromatic N) is 1. The Hall–Kier alpha value is -2.88. The summed E-state index contributed by atoms with van der Waals surface area (Å²) in [5.41, 5.74) is 7.35. The Morgan fingerprint density at radius 3 is 2.68 bits per heavy atom. The fourth-order valence-corrected chi connectivity index (χ4v) is 3.19. The van der Waals surface area contributed by atoms with Crippen molar-refractivity contribution in [1.29, 1.82) is 0 Å². The maximum atomic E-state index is 13.5. The van der Waals surface area contributed by atoms with Crippen LogP contribution in [0.25, 0.3) is 0 Å². The van der Waals surface area contributed by atoms with Crippen LogP contribution in [0.2, 0.25) is 0 Å². The Morgan fingerprint density at radius 2 is 1.97 bits per heavy atom. The van der Waals surface area contributed by atoms with Gasteiger partial charge in [-0.15, -0.1) is 0 Å². The summed E-state index contributed by atoms with van der Waals surface area (Å²) in [7, 11) is 0. The Bertz CT molecular complexity index is 907. The van der Waals surface area contributed by atoms with E-state index < -0.39 is 11.7 Å². The zero-order chi connectivity index (χ0) is 22.2. The van der Waals surface area contributed by atoms with E-state index in [1.165, 1.54) is 30.3 Å². The van der Waals surface area contributed by atoms with Gasteiger partial charge in [0.25, 0.3) is 5.91 Å². The van der Waals surface area contributed by atoms with E-state index >= 15 is 0 Å². The van der Waals surface area contributed by atoms with Gasteiger partial charge in [0.2, 0.25) is 5.96 Å². The van der Waals surface area contributed by atoms with Crippen molar-refractivity contribution in [3.8, 4) is 0 Å². The van der Waals surface area contributed by atoms with E-state index in [1.54, 1.807) is 12.1 Å². The van der Waals surface area contributed by atoms with Crippen LogP contribution in [0.1, 0.15) is 42.2 Å². The van der Waals surface area contributed by atoms with Crippen molar-refractivity contribution in [3.63, 3.8) is 0 Å². The molecule has 0 bridgehead atoms. The van der Waals surface area contributed by atoms with Gasteiger partial charge in [0.15, 0.2) is 0 Å². The monoisotopic (exact) mass is 431 g/mol. The number of carbonyl (C=O) groups is 1. The lowest BCUT2D eigenvalue weighted by molar-refractivity contribution is 0.100. The van der Waals surface area contributed by atoms with Crippen molar-refractivity contribution in [2.45, 2.75) is 38.5 Å². The topological polar surface area (TPSA) is 86.8 Å². The molecule has 0 aromatic heterocycles. The highest BCUT2D eigenvalue weighted by Crippen LogP contribution is 2.21. The van der Waals surface area contributed by atoms with Gasteiger partial charge < -0.3 is 15.4 Å². The quantitative estimate of drug-likeness (QED) is 0.398. The van der Waals surface area contributed by atoms with Crippen molar-refractivity contribution in [3.05, 3.63) is 71.3 Å². The zero-order valence-electron chi connectivity index (χ0n) is 17.5. The summed E-state index contributed by atoms with van der Waals surface area (Å²) < 4.78 is 32.1. The highest BCUT2D eigenvalue weighted by atomic mass is 19.1. The molecule has 1 amide bonds. The van der Waals surface area contributed by atoms with Gasteiger partial charge >= 0.3 is 0 Å². The van der Waals surface area contributed by atoms with E-state index in [4.69, 9.17) is 4.74 Å². The third-order valence-corrected chi connectivity index (χ3v) is 4.73. The van der Waals surface area contributed by atoms with E-state index in [1.807, 2.05) is 13.8 Å². The van der Waals surface area contributed by atoms with Crippen molar-refractivity contribution >= 4 is 11.9 Å². The Labute approximate surface area is 180 Å². The number of ether oxygens (including phenoxy) is 1. The predicted molar refractivity (Wildman–Crippen MR) is 114 cm³/mol. The van der Waals surface area contributed by atoms with Crippen LogP contribution in [0.4, 0.5) is 8.78 Å². The van der Waals surface area contributed by atoms with Gasteiger partial charge in [0.05, 0.1) is 12.8 Å². The second kappa shape index (κ2) is 10.9. The fraction of sp³-hybridized carbons (Fsp3) is 0.364. The van der Waals surface area contributed by atoms with Crippen molar-refractivity contribution in [1.82, 2.24) is 21.5 Å². The number of rotatable bonds is 7. The van der Waals surface area contributed by atoms with Gasteiger partial charge in [-0.2, -0.15) is 4.99 Å². The standard InChI is InChI=1S/C22H27F2N5O2/c1-3-31-13-14(2)25-22(27-21(30)16-5-4-6-18(24)11-16)26-20-12-19(28-29-20)15-7-9-17(23)10-8-15/h4-11,14,19-20,28-29H,3,12-13H2,1-2H3,(H2,25,26,27,30)/t14-,19?,20?/m0/s1. The lowest BCUT2D eigenvalue weighted by Gasteiger charge is -2.21. The molecule has 1 aliphatic rings. The van der Waals surface area contributed by atoms with Gasteiger partial charge in [-0.25, -0.2) is 19.6 Å². The summed E-state index contributed by atoms with van der Waals surface area (Å²) in [5, 5.41) is 6.31. The molecular formula is C22H27F2N5O2. The molecule has 1 saturated heterocycles. The average Bonchev–Trinajstić information content (AvgIpc) is 3.21. The molecule has 2 unspecified atom stereocenters. The third kappa shape index (κ3) is 6.81. The van der Waals surface area contributed by atoms with Crippen LogP contribution in [-0.4, -0.2) is 37.3 Å². The van der Waals surface area contributed by atoms with Crippen molar-refractivity contribution in [2.75, 3.05) is 13.2 Å². The number of hydrazine groups is 1. The molecule has 3 atom stereocenters. The molecule has 0 saturated carbocycles. The average molecular weight is 431 g/mol. The second-order valence-corrected chi connectivity index (χ2v) is 7.31. The number of halogens is 2. The lowest BCUT2D eigenvalue weighted by Crippen LogP contribution is -2.52. The van der Waals surface area contributed by atoms with Crippen LogP contribution in [0.3, 0.4) is 0 Å². The molecule has 1 heterocycles. The van der Waals surface area contributed by atoms with Crippen LogP contribution < -0.4 is 21.5 Å². The molecule has 0 aliphatic carbocycles. The summed E-state index contributed by atoms with van der Waals surface area (Å²) in [6, 6.07) is 11.5. The normalized spacial score (nSPS) is 19.8. The Balaban J connectivity index is 1.70. The number of nitrogens with one attached hydrogen (secondary N) is 4. The highest BCUT2D eigenvalue weighted by Gasteiger charge is 2.26. The minimum Gasteiger partial charge on any atom is -0.380 e. The first kappa shape index (κ1) is 22.8. The van der Waals surface area contributed by atoms with Crippen LogP contribution in [0.5, 0.6) is 0 Å². The van der Waals surface area contributed by atoms with Gasteiger partial charge in [0, 0.05) is 30.7 Å². The maximum Gasteiger partial charge on any atom is 0.280 e. The molecule has 0 spiro atoms. The molecule has 2 aromatic rings. The number of guanidine groups is 1. The maximum absolute atomic E-state index is 13.5. The third-order valence-electron chi connectivity index (χ3n) is 4.73. The van der Waals surface area contributed by atoms with Crippen LogP contribution >= 0.6 is 0 Å². The number of hydrogen-bond acceptors (Lipinski definition) is 4. The summed E-state index contributed by atoms with van der Waals surface area (Å²) in [5.74, 6) is -1.11. The second-order valence-electron chi connectivity index (χ2n) is 7.31. The molecular weight excluding hydrogens is 404 g/mol. The Morgan fingerprint density at radius 1 is 1.19 bits per heavy atom. The Kier molecular flexibility index (Phi) is 8.05. The highest BCUT2D eigenvalue weighted by molar-refractivity contribution is 6.02. The summed E-state index contributed by atoms with van der Waals surface area (Å²) in [6.45, 7) is 4.81. The molecule has 0 radical (unpaired) electrons. The molecule has 3 rings (SSSR count). The number of hydrogen-bond donors (Lipinski definition) is 4. The molecule has 166 valence electrons. The molecule has 7 nitrogen and oxygen atoms in total. The molecule has 2 aromatic carbocycles.